The minimum atomic E-state index is -0.209. The molecule has 0 saturated carbocycles. The van der Waals surface area contributed by atoms with Crippen molar-refractivity contribution in [3.8, 4) is 0 Å². The molecule has 0 saturated heterocycles. The van der Waals surface area contributed by atoms with E-state index < -0.39 is 0 Å². The molecule has 18 heteroatoms. The summed E-state index contributed by atoms with van der Waals surface area (Å²) < 4.78 is 45.5. The first-order valence-electron chi connectivity index (χ1n) is 20.0. The van der Waals surface area contributed by atoms with Crippen molar-refractivity contribution in [2.24, 2.45) is 0 Å². The van der Waals surface area contributed by atoms with Gasteiger partial charge in [-0.3, -0.25) is 14.4 Å². The van der Waals surface area contributed by atoms with Crippen LogP contribution in [0.25, 0.3) is 0 Å². The van der Waals surface area contributed by atoms with E-state index in [2.05, 4.69) is 26.3 Å². The van der Waals surface area contributed by atoms with Gasteiger partial charge in [-0.25, -0.2) is 4.68 Å². The third kappa shape index (κ3) is 31.4. The number of rotatable bonds is 40. The number of ether oxygens (including phenoxy) is 8. The van der Waals surface area contributed by atoms with Crippen LogP contribution < -0.4 is 16.0 Å². The van der Waals surface area contributed by atoms with E-state index in [-0.39, 0.29) is 24.3 Å². The summed E-state index contributed by atoms with van der Waals surface area (Å²) in [5.41, 5.74) is 1.71. The fourth-order valence-electron chi connectivity index (χ4n) is 4.85. The predicted octanol–water partition coefficient (Wildman–Crippen LogP) is 1.73. The SMILES string of the molecule is O=C(CCc1cn(CCOCCOCCOCCNC(=O)Cc2ccccc2)nn1)NCCOCCOCCOCC(=O)NCCOCCOCCCCCCCl. The Bertz CT molecular complexity index is 1260. The number of unbranched alkanes of at least 4 members (excludes halogenated alkanes) is 3. The molecule has 0 aliphatic heterocycles. The standard InChI is InChI=1S/C39H65ClN6O11/c40-12-6-1-2-7-17-50-22-23-53-20-15-43-39(49)34-57-31-30-56-28-25-51-18-13-41-37(47)11-10-36-33-46(45-44-36)16-21-54-26-29-55-27-24-52-19-14-42-38(48)32-35-8-4-3-5-9-35/h3-5,8-9,33H,1-2,6-7,10-32,34H2,(H,41,47)(H,42,48)(H,43,49). The minimum absolute atomic E-state index is 0.0292. The van der Waals surface area contributed by atoms with E-state index in [1.54, 1.807) is 4.68 Å². The lowest BCUT2D eigenvalue weighted by Crippen LogP contribution is -2.31. The number of aromatic nitrogens is 3. The number of carbonyl (C=O) groups excluding carboxylic acids is 3. The van der Waals surface area contributed by atoms with Crippen LogP contribution in [-0.2, 0) is 71.7 Å². The predicted molar refractivity (Wildman–Crippen MR) is 213 cm³/mol. The molecule has 0 unspecified atom stereocenters. The van der Waals surface area contributed by atoms with E-state index in [1.807, 2.05) is 36.5 Å². The van der Waals surface area contributed by atoms with E-state index in [9.17, 15) is 14.4 Å². The molecule has 0 atom stereocenters. The molecular formula is C39H65ClN6O11. The number of hydrogen-bond donors (Lipinski definition) is 3. The second kappa shape index (κ2) is 37.0. The normalized spacial score (nSPS) is 11.2. The van der Waals surface area contributed by atoms with Crippen molar-refractivity contribution in [2.75, 3.05) is 131 Å². The lowest BCUT2D eigenvalue weighted by Gasteiger charge is -2.09. The van der Waals surface area contributed by atoms with Crippen LogP contribution in [0.2, 0.25) is 0 Å². The third-order valence-electron chi connectivity index (χ3n) is 7.84. The molecule has 1 heterocycles. The van der Waals surface area contributed by atoms with Crippen molar-refractivity contribution in [1.29, 1.82) is 0 Å². The second-order valence-electron chi connectivity index (χ2n) is 12.6. The summed E-state index contributed by atoms with van der Waals surface area (Å²) in [5, 5.41) is 16.6. The molecule has 1 aromatic heterocycles. The minimum Gasteiger partial charge on any atom is -0.379 e. The maximum Gasteiger partial charge on any atom is 0.246 e. The van der Waals surface area contributed by atoms with Gasteiger partial charge >= 0.3 is 0 Å². The Balaban J connectivity index is 1.27. The topological polar surface area (TPSA) is 192 Å². The van der Waals surface area contributed by atoms with Crippen molar-refractivity contribution in [2.45, 2.75) is 51.5 Å². The zero-order chi connectivity index (χ0) is 40.7. The molecule has 3 amide bonds. The summed E-state index contributed by atoms with van der Waals surface area (Å²) in [6, 6.07) is 9.60. The van der Waals surface area contributed by atoms with Crippen LogP contribution in [0, 0.1) is 0 Å². The van der Waals surface area contributed by atoms with E-state index in [1.165, 1.54) is 0 Å². The van der Waals surface area contributed by atoms with Gasteiger partial charge in [-0.2, -0.15) is 0 Å². The van der Waals surface area contributed by atoms with Crippen molar-refractivity contribution < 1.29 is 52.3 Å². The van der Waals surface area contributed by atoms with Crippen molar-refractivity contribution in [3.05, 3.63) is 47.8 Å². The van der Waals surface area contributed by atoms with Crippen LogP contribution in [0.5, 0.6) is 0 Å². The fourth-order valence-corrected chi connectivity index (χ4v) is 5.04. The van der Waals surface area contributed by atoms with Crippen LogP contribution in [0.1, 0.15) is 43.4 Å². The number of alkyl halides is 1. The number of halogens is 1. The highest BCUT2D eigenvalue weighted by Crippen LogP contribution is 2.02. The Morgan fingerprint density at radius 3 is 1.68 bits per heavy atom. The average molecular weight is 829 g/mol. The van der Waals surface area contributed by atoms with Gasteiger partial charge in [0.05, 0.1) is 111 Å². The van der Waals surface area contributed by atoms with Gasteiger partial charge in [0.2, 0.25) is 17.7 Å². The van der Waals surface area contributed by atoms with Crippen LogP contribution in [0.4, 0.5) is 0 Å². The summed E-state index contributed by atoms with van der Waals surface area (Å²) in [4.78, 5) is 35.9. The summed E-state index contributed by atoms with van der Waals surface area (Å²) in [5.74, 6) is 0.382. The van der Waals surface area contributed by atoms with Gasteiger partial charge < -0.3 is 53.8 Å². The Kier molecular flexibility index (Phi) is 32.4. The van der Waals surface area contributed by atoms with Crippen molar-refractivity contribution >= 4 is 29.3 Å². The Labute approximate surface area is 342 Å². The monoisotopic (exact) mass is 828 g/mol. The fraction of sp³-hybridized carbons (Fsp3) is 0.718. The molecule has 17 nitrogen and oxygen atoms in total. The molecule has 0 fully saturated rings. The van der Waals surface area contributed by atoms with Crippen molar-refractivity contribution in [1.82, 2.24) is 30.9 Å². The molecule has 324 valence electrons. The highest BCUT2D eigenvalue weighted by Gasteiger charge is 2.07. The van der Waals surface area contributed by atoms with Crippen LogP contribution >= 0.6 is 11.6 Å². The van der Waals surface area contributed by atoms with E-state index in [0.29, 0.717) is 144 Å². The molecule has 2 aromatic rings. The smallest absolute Gasteiger partial charge is 0.246 e. The number of benzene rings is 1. The zero-order valence-electron chi connectivity index (χ0n) is 33.5. The molecule has 57 heavy (non-hydrogen) atoms. The highest BCUT2D eigenvalue weighted by atomic mass is 35.5. The highest BCUT2D eigenvalue weighted by molar-refractivity contribution is 6.17. The van der Waals surface area contributed by atoms with Crippen LogP contribution in [-0.4, -0.2) is 164 Å². The zero-order valence-corrected chi connectivity index (χ0v) is 34.2. The first-order chi connectivity index (χ1) is 28.1. The number of hydrogen-bond acceptors (Lipinski definition) is 13. The van der Waals surface area contributed by atoms with Gasteiger partial charge in [0.15, 0.2) is 0 Å². The van der Waals surface area contributed by atoms with E-state index in [4.69, 9.17) is 49.5 Å². The van der Waals surface area contributed by atoms with Gasteiger partial charge in [0.1, 0.15) is 6.61 Å². The maximum atomic E-state index is 12.2. The van der Waals surface area contributed by atoms with E-state index >= 15 is 0 Å². The molecular weight excluding hydrogens is 764 g/mol. The lowest BCUT2D eigenvalue weighted by molar-refractivity contribution is -0.126. The molecule has 3 N–H and O–H groups in total. The van der Waals surface area contributed by atoms with Gasteiger partial charge in [0.25, 0.3) is 0 Å². The number of aryl methyl sites for hydroxylation is 1. The molecule has 0 aliphatic rings. The van der Waals surface area contributed by atoms with Gasteiger partial charge in [-0.05, 0) is 18.4 Å². The summed E-state index contributed by atoms with van der Waals surface area (Å²) in [7, 11) is 0. The van der Waals surface area contributed by atoms with Gasteiger partial charge in [-0.15, -0.1) is 16.7 Å². The maximum absolute atomic E-state index is 12.2. The summed E-state index contributed by atoms with van der Waals surface area (Å²) >= 11 is 5.65. The molecule has 0 radical (unpaired) electrons. The Hall–Kier alpha value is -3.26. The van der Waals surface area contributed by atoms with E-state index in [0.717, 1.165) is 43.5 Å². The number of nitrogens with one attached hydrogen (secondary N) is 3. The van der Waals surface area contributed by atoms with Crippen LogP contribution in [0.15, 0.2) is 36.5 Å². The Morgan fingerprint density at radius 2 is 1.07 bits per heavy atom. The third-order valence-corrected chi connectivity index (χ3v) is 8.11. The molecule has 2 rings (SSSR count). The average Bonchev–Trinajstić information content (AvgIpc) is 3.68. The van der Waals surface area contributed by atoms with Gasteiger partial charge in [-0.1, -0.05) is 48.4 Å². The molecule has 0 spiro atoms. The van der Waals surface area contributed by atoms with Crippen LogP contribution in [0.3, 0.4) is 0 Å². The molecule has 1 aromatic carbocycles. The first kappa shape index (κ1) is 49.9. The van der Waals surface area contributed by atoms with Crippen molar-refractivity contribution in [3.63, 3.8) is 0 Å². The first-order valence-corrected chi connectivity index (χ1v) is 20.5. The second-order valence-corrected chi connectivity index (χ2v) is 13.0. The van der Waals surface area contributed by atoms with Gasteiger partial charge in [0, 0.05) is 51.2 Å². The summed E-state index contributed by atoms with van der Waals surface area (Å²) in [6.45, 7) is 8.33. The Morgan fingerprint density at radius 1 is 0.561 bits per heavy atom. The number of nitrogens with zero attached hydrogens (tertiary/aromatic N) is 3. The summed E-state index contributed by atoms with van der Waals surface area (Å²) in [6.07, 6.45) is 7.27. The number of carbonyl (C=O) groups is 3. The molecule has 0 bridgehead atoms. The quantitative estimate of drug-likeness (QED) is 0.0651. The lowest BCUT2D eigenvalue weighted by atomic mass is 10.1. The molecule has 0 aliphatic carbocycles. The number of amides is 3. The largest absolute Gasteiger partial charge is 0.379 e.